The number of hydrogen-bond donors (Lipinski definition) is 0. The number of allylic oxidation sites excluding steroid dienone is 1. The zero-order valence-corrected chi connectivity index (χ0v) is 22.3. The molecule has 0 spiro atoms. The van der Waals surface area contributed by atoms with E-state index >= 15 is 0 Å². The zero-order valence-electron chi connectivity index (χ0n) is 21.5. The highest BCUT2D eigenvalue weighted by atomic mass is 32.1. The van der Waals surface area contributed by atoms with Gasteiger partial charge >= 0.3 is 5.97 Å². The van der Waals surface area contributed by atoms with Crippen molar-refractivity contribution in [3.8, 4) is 17.2 Å². The van der Waals surface area contributed by atoms with Crippen LogP contribution in [0, 0.1) is 0 Å². The van der Waals surface area contributed by atoms with Crippen molar-refractivity contribution in [1.82, 2.24) is 4.57 Å². The number of thiazole rings is 1. The molecule has 8 heteroatoms. The molecule has 0 N–H and O–H groups in total. The first-order chi connectivity index (χ1) is 19.0. The molecule has 0 radical (unpaired) electrons. The summed E-state index contributed by atoms with van der Waals surface area (Å²) in [5.41, 5.74) is 2.09. The largest absolute Gasteiger partial charge is 0.497 e. The zero-order chi connectivity index (χ0) is 27.4. The number of aromatic nitrogens is 1. The molecule has 39 heavy (non-hydrogen) atoms. The SMILES string of the molecule is C=CCOC(=O)C1=C(C)N=c2s/c(=C/c3cccc(Oc4ccccc4)c3)c(=O)n2[C@@H]1c1ccc(OC)cc1. The van der Waals surface area contributed by atoms with Crippen LogP contribution >= 0.6 is 11.3 Å². The summed E-state index contributed by atoms with van der Waals surface area (Å²) < 4.78 is 18.7. The fourth-order valence-corrected chi connectivity index (χ4v) is 5.39. The van der Waals surface area contributed by atoms with E-state index in [1.54, 1.807) is 30.7 Å². The van der Waals surface area contributed by atoms with Crippen molar-refractivity contribution in [2.24, 2.45) is 4.99 Å². The number of nitrogens with zero attached hydrogens (tertiary/aromatic N) is 2. The molecule has 2 heterocycles. The van der Waals surface area contributed by atoms with Crippen LogP contribution in [0.25, 0.3) is 6.08 Å². The molecule has 1 atom stereocenters. The normalized spacial score (nSPS) is 14.8. The molecule has 3 aromatic carbocycles. The maximum atomic E-state index is 13.8. The van der Waals surface area contributed by atoms with Gasteiger partial charge in [0.1, 0.15) is 23.9 Å². The van der Waals surface area contributed by atoms with Crippen molar-refractivity contribution in [2.75, 3.05) is 13.7 Å². The lowest BCUT2D eigenvalue weighted by atomic mass is 9.96. The number of carbonyl (C=O) groups excluding carboxylic acids is 1. The van der Waals surface area contributed by atoms with Crippen molar-refractivity contribution in [3.05, 3.63) is 134 Å². The Kier molecular flexibility index (Phi) is 7.56. The lowest BCUT2D eigenvalue weighted by molar-refractivity contribution is -0.138. The van der Waals surface area contributed by atoms with Gasteiger partial charge in [0.2, 0.25) is 0 Å². The molecule has 7 nitrogen and oxygen atoms in total. The Morgan fingerprint density at radius 3 is 2.49 bits per heavy atom. The molecule has 1 aliphatic heterocycles. The number of benzene rings is 3. The van der Waals surface area contributed by atoms with E-state index in [4.69, 9.17) is 14.2 Å². The third-order valence-corrected chi connectivity index (χ3v) is 7.12. The summed E-state index contributed by atoms with van der Waals surface area (Å²) in [5, 5.41) is 0. The second-order valence-electron chi connectivity index (χ2n) is 8.73. The maximum absolute atomic E-state index is 13.8. The number of esters is 1. The van der Waals surface area contributed by atoms with E-state index < -0.39 is 12.0 Å². The number of carbonyl (C=O) groups is 1. The lowest BCUT2D eigenvalue weighted by Crippen LogP contribution is -2.39. The number of para-hydroxylation sites is 1. The number of methoxy groups -OCH3 is 1. The van der Waals surface area contributed by atoms with Crippen molar-refractivity contribution in [2.45, 2.75) is 13.0 Å². The highest BCUT2D eigenvalue weighted by molar-refractivity contribution is 7.07. The van der Waals surface area contributed by atoms with Crippen LogP contribution in [0.4, 0.5) is 0 Å². The van der Waals surface area contributed by atoms with Crippen molar-refractivity contribution >= 4 is 23.4 Å². The lowest BCUT2D eigenvalue weighted by Gasteiger charge is -2.24. The molecule has 1 aromatic heterocycles. The minimum Gasteiger partial charge on any atom is -0.497 e. The molecule has 0 unspecified atom stereocenters. The summed E-state index contributed by atoms with van der Waals surface area (Å²) in [4.78, 5) is 32.1. The Labute approximate surface area is 229 Å². The molecule has 196 valence electrons. The Morgan fingerprint density at radius 2 is 1.77 bits per heavy atom. The van der Waals surface area contributed by atoms with Crippen molar-refractivity contribution in [1.29, 1.82) is 0 Å². The minimum atomic E-state index is -0.709. The van der Waals surface area contributed by atoms with Gasteiger partial charge in [0.05, 0.1) is 29.0 Å². The second-order valence-corrected chi connectivity index (χ2v) is 9.74. The Hall–Kier alpha value is -4.69. The van der Waals surface area contributed by atoms with Gasteiger partial charge in [0.25, 0.3) is 5.56 Å². The van der Waals surface area contributed by atoms with Crippen LogP contribution in [0.2, 0.25) is 0 Å². The molecule has 5 rings (SSSR count). The van der Waals surface area contributed by atoms with Crippen LogP contribution in [-0.2, 0) is 9.53 Å². The summed E-state index contributed by atoms with van der Waals surface area (Å²) in [5.74, 6) is 1.50. The van der Waals surface area contributed by atoms with Gasteiger partial charge in [-0.1, -0.05) is 66.5 Å². The van der Waals surface area contributed by atoms with E-state index in [9.17, 15) is 9.59 Å². The van der Waals surface area contributed by atoms with Gasteiger partial charge < -0.3 is 14.2 Å². The van der Waals surface area contributed by atoms with Gasteiger partial charge in [-0.05, 0) is 60.5 Å². The molecular weight excluding hydrogens is 512 g/mol. The standard InChI is InChI=1S/C31H26N2O5S/c1-4-17-37-30(35)27-20(2)32-31-33(28(27)22-13-15-23(36-3)16-14-22)29(34)26(39-31)19-21-9-8-12-25(18-21)38-24-10-6-5-7-11-24/h4-16,18-19,28H,1,17H2,2-3H3/b26-19+/t28-/m1/s1. The van der Waals surface area contributed by atoms with Gasteiger partial charge in [-0.15, -0.1) is 0 Å². The predicted octanol–water partition coefficient (Wildman–Crippen LogP) is 4.77. The Morgan fingerprint density at radius 1 is 1.03 bits per heavy atom. The fraction of sp³-hybridized carbons (Fsp3) is 0.129. The molecular formula is C31H26N2O5S. The van der Waals surface area contributed by atoms with Crippen LogP contribution in [-0.4, -0.2) is 24.3 Å². The van der Waals surface area contributed by atoms with Crippen LogP contribution in [0.15, 0.2) is 113 Å². The first kappa shape index (κ1) is 25.9. The average Bonchev–Trinajstić information content (AvgIpc) is 3.25. The number of rotatable bonds is 8. The summed E-state index contributed by atoms with van der Waals surface area (Å²) in [7, 11) is 1.58. The van der Waals surface area contributed by atoms with Crippen molar-refractivity contribution in [3.63, 3.8) is 0 Å². The Balaban J connectivity index is 1.60. The van der Waals surface area contributed by atoms with Crippen LogP contribution in [0.1, 0.15) is 24.1 Å². The molecule has 0 aliphatic carbocycles. The third-order valence-electron chi connectivity index (χ3n) is 6.14. The molecule has 0 saturated heterocycles. The third kappa shape index (κ3) is 5.46. The van der Waals surface area contributed by atoms with E-state index in [1.165, 1.54) is 17.4 Å². The first-order valence-corrected chi connectivity index (χ1v) is 13.1. The second kappa shape index (κ2) is 11.4. The molecule has 0 saturated carbocycles. The number of fused-ring (bicyclic) bond motifs is 1. The van der Waals surface area contributed by atoms with Gasteiger partial charge in [0.15, 0.2) is 4.80 Å². The number of hydrogen-bond acceptors (Lipinski definition) is 7. The van der Waals surface area contributed by atoms with Gasteiger partial charge in [-0.25, -0.2) is 9.79 Å². The quantitative estimate of drug-likeness (QED) is 0.239. The minimum absolute atomic E-state index is 0.0523. The summed E-state index contributed by atoms with van der Waals surface area (Å²) in [6, 6.07) is 23.6. The smallest absolute Gasteiger partial charge is 0.338 e. The first-order valence-electron chi connectivity index (χ1n) is 12.3. The highest BCUT2D eigenvalue weighted by Gasteiger charge is 2.33. The maximum Gasteiger partial charge on any atom is 0.338 e. The van der Waals surface area contributed by atoms with Crippen molar-refractivity contribution < 1.29 is 19.0 Å². The monoisotopic (exact) mass is 538 g/mol. The van der Waals surface area contributed by atoms with E-state index in [1.807, 2.05) is 72.8 Å². The van der Waals surface area contributed by atoms with Crippen LogP contribution in [0.3, 0.4) is 0 Å². The van der Waals surface area contributed by atoms with E-state index in [-0.39, 0.29) is 12.2 Å². The molecule has 0 bridgehead atoms. The summed E-state index contributed by atoms with van der Waals surface area (Å²) in [6.45, 7) is 5.42. The highest BCUT2D eigenvalue weighted by Crippen LogP contribution is 2.31. The summed E-state index contributed by atoms with van der Waals surface area (Å²) in [6.07, 6.45) is 3.31. The Bertz CT molecular complexity index is 1730. The summed E-state index contributed by atoms with van der Waals surface area (Å²) >= 11 is 1.27. The fourth-order valence-electron chi connectivity index (χ4n) is 4.34. The van der Waals surface area contributed by atoms with Crippen LogP contribution in [0.5, 0.6) is 17.2 Å². The van der Waals surface area contributed by atoms with Gasteiger partial charge in [0, 0.05) is 0 Å². The average molecular weight is 539 g/mol. The predicted molar refractivity (Wildman–Crippen MR) is 151 cm³/mol. The molecule has 0 fully saturated rings. The van der Waals surface area contributed by atoms with Gasteiger partial charge in [-0.3, -0.25) is 9.36 Å². The molecule has 4 aromatic rings. The van der Waals surface area contributed by atoms with Gasteiger partial charge in [-0.2, -0.15) is 0 Å². The molecule has 1 aliphatic rings. The topological polar surface area (TPSA) is 79.1 Å². The van der Waals surface area contributed by atoms with E-state index in [0.717, 1.165) is 16.9 Å². The number of ether oxygens (including phenoxy) is 3. The molecule has 0 amide bonds. The van der Waals surface area contributed by atoms with E-state index in [2.05, 4.69) is 11.6 Å². The van der Waals surface area contributed by atoms with E-state index in [0.29, 0.717) is 32.1 Å². The van der Waals surface area contributed by atoms with Crippen LogP contribution < -0.4 is 24.4 Å².